The Hall–Kier alpha value is -2.13. The fourth-order valence-corrected chi connectivity index (χ4v) is 2.00. The van der Waals surface area contributed by atoms with E-state index < -0.39 is 0 Å². The Morgan fingerprint density at radius 1 is 1.11 bits per heavy atom. The summed E-state index contributed by atoms with van der Waals surface area (Å²) in [6, 6.07) is 15.0. The minimum Gasteiger partial charge on any atom is -0.497 e. The van der Waals surface area contributed by atoms with Crippen LogP contribution in [0.2, 0.25) is 0 Å². The van der Waals surface area contributed by atoms with E-state index in [4.69, 9.17) is 10.5 Å². The van der Waals surface area contributed by atoms with Crippen molar-refractivity contribution in [3.05, 3.63) is 65.2 Å². The molecule has 0 spiro atoms. The second kappa shape index (κ2) is 6.16. The molecule has 0 unspecified atom stereocenters. The third kappa shape index (κ3) is 3.20. The van der Waals surface area contributed by atoms with Crippen molar-refractivity contribution < 1.29 is 9.53 Å². The number of ether oxygens (including phenoxy) is 1. The summed E-state index contributed by atoms with van der Waals surface area (Å²) in [6.07, 6.45) is 0.362. The smallest absolute Gasteiger partial charge is 0.167 e. The summed E-state index contributed by atoms with van der Waals surface area (Å²) in [5, 5.41) is 0. The molecule has 0 aliphatic rings. The van der Waals surface area contributed by atoms with Gasteiger partial charge in [0.2, 0.25) is 0 Å². The molecule has 2 aromatic rings. The van der Waals surface area contributed by atoms with Crippen LogP contribution in [0.4, 0.5) is 0 Å². The van der Waals surface area contributed by atoms with Gasteiger partial charge in [-0.05, 0) is 23.3 Å². The zero-order valence-corrected chi connectivity index (χ0v) is 10.9. The molecule has 0 aromatic heterocycles. The van der Waals surface area contributed by atoms with Crippen molar-refractivity contribution in [1.29, 1.82) is 0 Å². The number of carbonyl (C=O) groups excluding carboxylic acids is 1. The maximum atomic E-state index is 12.3. The van der Waals surface area contributed by atoms with Gasteiger partial charge in [0, 0.05) is 18.5 Å². The van der Waals surface area contributed by atoms with E-state index in [1.54, 1.807) is 19.2 Å². The molecule has 2 N–H and O–H groups in total. The first-order valence-electron chi connectivity index (χ1n) is 6.18. The van der Waals surface area contributed by atoms with Crippen molar-refractivity contribution in [1.82, 2.24) is 0 Å². The van der Waals surface area contributed by atoms with Gasteiger partial charge in [-0.3, -0.25) is 4.79 Å². The number of methoxy groups -OCH3 is 1. The zero-order chi connectivity index (χ0) is 13.7. The topological polar surface area (TPSA) is 52.3 Å². The molecule has 2 aromatic carbocycles. The van der Waals surface area contributed by atoms with Gasteiger partial charge in [0.05, 0.1) is 7.11 Å². The van der Waals surface area contributed by atoms with E-state index >= 15 is 0 Å². The molecule has 3 nitrogen and oxygen atoms in total. The summed E-state index contributed by atoms with van der Waals surface area (Å²) >= 11 is 0. The quantitative estimate of drug-likeness (QED) is 0.835. The molecular formula is C16H17NO2. The van der Waals surface area contributed by atoms with Gasteiger partial charge in [-0.15, -0.1) is 0 Å². The van der Waals surface area contributed by atoms with Crippen molar-refractivity contribution >= 4 is 5.78 Å². The summed E-state index contributed by atoms with van der Waals surface area (Å²) in [5.74, 6) is 0.762. The third-order valence-corrected chi connectivity index (χ3v) is 3.08. The van der Waals surface area contributed by atoms with Gasteiger partial charge < -0.3 is 10.5 Å². The standard InChI is InChI=1S/C16H17NO2/c1-19-15-8-4-7-13(9-15)16(18)10-12-5-2-3-6-14(12)11-17/h2-9H,10-11,17H2,1H3. The number of hydrogen-bond donors (Lipinski definition) is 1. The SMILES string of the molecule is COc1cccc(C(=O)Cc2ccccc2CN)c1. The van der Waals surface area contributed by atoms with Crippen LogP contribution >= 0.6 is 0 Å². The highest BCUT2D eigenvalue weighted by Crippen LogP contribution is 2.16. The Morgan fingerprint density at radius 3 is 2.53 bits per heavy atom. The summed E-state index contributed by atoms with van der Waals surface area (Å²) in [5.41, 5.74) is 8.33. The third-order valence-electron chi connectivity index (χ3n) is 3.08. The molecule has 0 radical (unpaired) electrons. The lowest BCUT2D eigenvalue weighted by molar-refractivity contribution is 0.0992. The molecule has 0 aliphatic heterocycles. The fraction of sp³-hybridized carbons (Fsp3) is 0.188. The van der Waals surface area contributed by atoms with Crippen LogP contribution in [-0.2, 0) is 13.0 Å². The van der Waals surface area contributed by atoms with Crippen LogP contribution < -0.4 is 10.5 Å². The van der Waals surface area contributed by atoms with Crippen molar-refractivity contribution in [2.75, 3.05) is 7.11 Å². The fourth-order valence-electron chi connectivity index (χ4n) is 2.00. The highest BCUT2D eigenvalue weighted by atomic mass is 16.5. The molecule has 0 heterocycles. The molecule has 2 rings (SSSR count). The van der Waals surface area contributed by atoms with Gasteiger partial charge in [0.15, 0.2) is 5.78 Å². The highest BCUT2D eigenvalue weighted by molar-refractivity contribution is 5.98. The van der Waals surface area contributed by atoms with Crippen LogP contribution in [0.25, 0.3) is 0 Å². The van der Waals surface area contributed by atoms with Gasteiger partial charge in [-0.1, -0.05) is 36.4 Å². The molecule has 98 valence electrons. The first-order valence-corrected chi connectivity index (χ1v) is 6.18. The molecule has 3 heteroatoms. The lowest BCUT2D eigenvalue weighted by Crippen LogP contribution is -2.08. The Labute approximate surface area is 113 Å². The van der Waals surface area contributed by atoms with Gasteiger partial charge in [0.1, 0.15) is 5.75 Å². The largest absolute Gasteiger partial charge is 0.497 e. The van der Waals surface area contributed by atoms with E-state index in [0.29, 0.717) is 24.3 Å². The maximum absolute atomic E-state index is 12.3. The molecule has 0 fully saturated rings. The number of benzene rings is 2. The molecule has 19 heavy (non-hydrogen) atoms. The van der Waals surface area contributed by atoms with E-state index in [0.717, 1.165) is 11.1 Å². The Kier molecular flexibility index (Phi) is 4.31. The van der Waals surface area contributed by atoms with Crippen LogP contribution in [0.15, 0.2) is 48.5 Å². The van der Waals surface area contributed by atoms with E-state index in [9.17, 15) is 4.79 Å². The van der Waals surface area contributed by atoms with Crippen molar-refractivity contribution in [3.63, 3.8) is 0 Å². The van der Waals surface area contributed by atoms with Crippen LogP contribution in [-0.4, -0.2) is 12.9 Å². The van der Waals surface area contributed by atoms with Crippen molar-refractivity contribution in [3.8, 4) is 5.75 Å². The Bertz CT molecular complexity index is 578. The molecule has 0 amide bonds. The van der Waals surface area contributed by atoms with Crippen LogP contribution in [0, 0.1) is 0 Å². The van der Waals surface area contributed by atoms with E-state index in [-0.39, 0.29) is 5.78 Å². The number of hydrogen-bond acceptors (Lipinski definition) is 3. The first kappa shape index (κ1) is 13.3. The predicted molar refractivity (Wildman–Crippen MR) is 75.4 cm³/mol. The van der Waals surface area contributed by atoms with Crippen LogP contribution in [0.1, 0.15) is 21.5 Å². The number of Topliss-reactive ketones (excluding diaryl/α,β-unsaturated/α-hetero) is 1. The second-order valence-electron chi connectivity index (χ2n) is 4.30. The maximum Gasteiger partial charge on any atom is 0.167 e. The molecule has 0 saturated carbocycles. The van der Waals surface area contributed by atoms with Gasteiger partial charge >= 0.3 is 0 Å². The monoisotopic (exact) mass is 255 g/mol. The van der Waals surface area contributed by atoms with Gasteiger partial charge in [-0.25, -0.2) is 0 Å². The minimum absolute atomic E-state index is 0.0693. The van der Waals surface area contributed by atoms with Crippen molar-refractivity contribution in [2.45, 2.75) is 13.0 Å². The normalized spacial score (nSPS) is 10.2. The average Bonchev–Trinajstić information content (AvgIpc) is 2.47. The van der Waals surface area contributed by atoms with E-state index in [1.165, 1.54) is 0 Å². The lowest BCUT2D eigenvalue weighted by Gasteiger charge is -2.07. The van der Waals surface area contributed by atoms with E-state index in [1.807, 2.05) is 36.4 Å². The molecule has 0 saturated heterocycles. The summed E-state index contributed by atoms with van der Waals surface area (Å²) < 4.78 is 5.13. The Balaban J connectivity index is 2.20. The number of rotatable bonds is 5. The molecule has 0 aliphatic carbocycles. The average molecular weight is 255 g/mol. The van der Waals surface area contributed by atoms with Crippen LogP contribution in [0.5, 0.6) is 5.75 Å². The van der Waals surface area contributed by atoms with E-state index in [2.05, 4.69) is 0 Å². The summed E-state index contributed by atoms with van der Waals surface area (Å²) in [7, 11) is 1.59. The number of ketones is 1. The predicted octanol–water partition coefficient (Wildman–Crippen LogP) is 2.58. The zero-order valence-electron chi connectivity index (χ0n) is 10.9. The molecule has 0 atom stereocenters. The Morgan fingerprint density at radius 2 is 1.84 bits per heavy atom. The van der Waals surface area contributed by atoms with Gasteiger partial charge in [-0.2, -0.15) is 0 Å². The lowest BCUT2D eigenvalue weighted by atomic mass is 9.99. The first-order chi connectivity index (χ1) is 9.24. The van der Waals surface area contributed by atoms with Gasteiger partial charge in [0.25, 0.3) is 0 Å². The molecule has 0 bridgehead atoms. The van der Waals surface area contributed by atoms with Crippen molar-refractivity contribution in [2.24, 2.45) is 5.73 Å². The van der Waals surface area contributed by atoms with Crippen LogP contribution in [0.3, 0.4) is 0 Å². The second-order valence-corrected chi connectivity index (χ2v) is 4.30. The molecular weight excluding hydrogens is 238 g/mol. The minimum atomic E-state index is 0.0693. The number of carbonyl (C=O) groups is 1. The highest BCUT2D eigenvalue weighted by Gasteiger charge is 2.10. The number of nitrogens with two attached hydrogens (primary N) is 1. The summed E-state index contributed by atoms with van der Waals surface area (Å²) in [4.78, 5) is 12.3. The summed E-state index contributed by atoms with van der Waals surface area (Å²) in [6.45, 7) is 0.446.